The predicted molar refractivity (Wildman–Crippen MR) is 201 cm³/mol. The minimum absolute atomic E-state index is 0.0940. The van der Waals surface area contributed by atoms with Gasteiger partial charge in [-0.1, -0.05) is 60.7 Å². The quantitative estimate of drug-likeness (QED) is 0.0852. The number of piperazine rings is 1. The zero-order valence-electron chi connectivity index (χ0n) is 29.3. The Bertz CT molecular complexity index is 1610. The molecule has 12 heteroatoms. The number of benzene rings is 4. The molecule has 0 unspecified atom stereocenters. The number of carbonyl (C=O) groups excluding carboxylic acids is 2. The minimum atomic E-state index is -0.730. The van der Waals surface area contributed by atoms with Crippen molar-refractivity contribution in [2.75, 3.05) is 52.5 Å². The van der Waals surface area contributed by atoms with Crippen LogP contribution >= 0.6 is 0 Å². The smallest absolute Gasteiger partial charge is 0.435 e. The van der Waals surface area contributed by atoms with Crippen LogP contribution in [-0.4, -0.2) is 86.1 Å². The van der Waals surface area contributed by atoms with Gasteiger partial charge in [-0.2, -0.15) is 9.98 Å². The molecule has 1 saturated heterocycles. The highest BCUT2D eigenvalue weighted by Crippen LogP contribution is 2.15. The van der Waals surface area contributed by atoms with E-state index in [2.05, 4.69) is 19.8 Å². The Morgan fingerprint density at radius 3 is 1.27 bits per heavy atom. The molecule has 4 aromatic rings. The summed E-state index contributed by atoms with van der Waals surface area (Å²) in [4.78, 5) is 36.7. The van der Waals surface area contributed by atoms with E-state index in [9.17, 15) is 9.59 Å². The molecule has 1 fully saturated rings. The summed E-state index contributed by atoms with van der Waals surface area (Å²) in [5.41, 5.74) is 15.0. The van der Waals surface area contributed by atoms with E-state index in [1.807, 2.05) is 84.9 Å². The van der Waals surface area contributed by atoms with E-state index >= 15 is 0 Å². The summed E-state index contributed by atoms with van der Waals surface area (Å²) < 4.78 is 22.2. The maximum absolute atomic E-state index is 12.0. The maximum atomic E-state index is 12.0. The zero-order valence-corrected chi connectivity index (χ0v) is 29.3. The molecular weight excluding hydrogens is 660 g/mol. The van der Waals surface area contributed by atoms with Gasteiger partial charge in [-0.25, -0.2) is 9.59 Å². The first-order valence-corrected chi connectivity index (χ1v) is 17.4. The molecule has 0 atom stereocenters. The highest BCUT2D eigenvalue weighted by molar-refractivity contribution is 6.03. The summed E-state index contributed by atoms with van der Waals surface area (Å²) in [6.45, 7) is 7.51. The molecular formula is C40H46N6O6. The van der Waals surface area contributed by atoms with Gasteiger partial charge in [0.2, 0.25) is 0 Å². The Kier molecular flexibility index (Phi) is 14.6. The van der Waals surface area contributed by atoms with E-state index < -0.39 is 12.2 Å². The lowest BCUT2D eigenvalue weighted by Crippen LogP contribution is -2.47. The molecule has 0 aromatic heterocycles. The highest BCUT2D eigenvalue weighted by Gasteiger charge is 2.16. The fourth-order valence-corrected chi connectivity index (χ4v) is 5.47. The summed E-state index contributed by atoms with van der Waals surface area (Å²) in [5.74, 6) is 1.66. The van der Waals surface area contributed by atoms with Gasteiger partial charge in [0.1, 0.15) is 36.4 Å². The molecule has 1 aliphatic rings. The van der Waals surface area contributed by atoms with E-state index in [0.717, 1.165) is 74.7 Å². The number of carbonyl (C=O) groups is 2. The Balaban J connectivity index is 0.900. The summed E-state index contributed by atoms with van der Waals surface area (Å²) in [5, 5.41) is 0. The van der Waals surface area contributed by atoms with Crippen molar-refractivity contribution in [1.82, 2.24) is 9.80 Å². The average Bonchev–Trinajstić information content (AvgIpc) is 3.18. The molecule has 0 spiro atoms. The van der Waals surface area contributed by atoms with Crippen molar-refractivity contribution in [3.63, 3.8) is 0 Å². The van der Waals surface area contributed by atoms with Crippen molar-refractivity contribution in [3.8, 4) is 11.5 Å². The predicted octanol–water partition coefficient (Wildman–Crippen LogP) is 5.63. The van der Waals surface area contributed by atoms with E-state index in [-0.39, 0.29) is 24.9 Å². The van der Waals surface area contributed by atoms with Gasteiger partial charge in [0.15, 0.2) is 0 Å². The number of nitrogens with zero attached hydrogens (tertiary/aromatic N) is 4. The van der Waals surface area contributed by atoms with Gasteiger partial charge >= 0.3 is 12.2 Å². The summed E-state index contributed by atoms with van der Waals surface area (Å²) in [7, 11) is 0. The second-order valence-electron chi connectivity index (χ2n) is 12.2. The SMILES string of the molecule is NC(=NC(=O)OCc1ccccc1)c1ccc(OCCCN2CCN(CCCOc3ccc(/C(N)=N/C(=O)OCc4ccccc4)cc3)CC2)cc1. The molecule has 2 amide bonds. The lowest BCUT2D eigenvalue weighted by atomic mass is 10.2. The number of amidine groups is 2. The van der Waals surface area contributed by atoms with Crippen molar-refractivity contribution in [2.24, 2.45) is 21.5 Å². The van der Waals surface area contributed by atoms with E-state index in [0.29, 0.717) is 24.3 Å². The largest absolute Gasteiger partial charge is 0.494 e. The third-order valence-corrected chi connectivity index (χ3v) is 8.37. The third kappa shape index (κ3) is 12.9. The lowest BCUT2D eigenvalue weighted by molar-refractivity contribution is 0.120. The Hall–Kier alpha value is -5.72. The molecule has 5 rings (SSSR count). The minimum Gasteiger partial charge on any atom is -0.494 e. The Labute approximate surface area is 304 Å². The molecule has 0 bridgehead atoms. The van der Waals surface area contributed by atoms with Gasteiger partial charge in [-0.15, -0.1) is 0 Å². The Morgan fingerprint density at radius 1 is 0.538 bits per heavy atom. The van der Waals surface area contributed by atoms with Crippen LogP contribution in [0.1, 0.15) is 35.1 Å². The molecule has 0 aliphatic carbocycles. The summed E-state index contributed by atoms with van der Waals surface area (Å²) in [6.07, 6.45) is 0.376. The van der Waals surface area contributed by atoms with Gasteiger partial charge in [0, 0.05) is 50.4 Å². The fraction of sp³-hybridized carbons (Fsp3) is 0.300. The monoisotopic (exact) mass is 706 g/mol. The van der Waals surface area contributed by atoms with Crippen LogP contribution in [0, 0.1) is 0 Å². The normalized spacial score (nSPS) is 14.1. The number of nitrogens with two attached hydrogens (primary N) is 2. The van der Waals surface area contributed by atoms with Crippen LogP contribution in [0.15, 0.2) is 119 Å². The van der Waals surface area contributed by atoms with Crippen molar-refractivity contribution < 1.29 is 28.5 Å². The molecule has 52 heavy (non-hydrogen) atoms. The van der Waals surface area contributed by atoms with Crippen LogP contribution in [0.4, 0.5) is 9.59 Å². The number of rotatable bonds is 16. The van der Waals surface area contributed by atoms with Crippen LogP contribution < -0.4 is 20.9 Å². The Morgan fingerprint density at radius 2 is 0.904 bits per heavy atom. The van der Waals surface area contributed by atoms with Gasteiger partial charge in [-0.3, -0.25) is 0 Å². The summed E-state index contributed by atoms with van der Waals surface area (Å²) in [6, 6.07) is 33.2. The first kappa shape index (κ1) is 37.5. The first-order chi connectivity index (χ1) is 25.4. The van der Waals surface area contributed by atoms with Gasteiger partial charge in [-0.05, 0) is 72.5 Å². The van der Waals surface area contributed by atoms with E-state index in [1.165, 1.54) is 0 Å². The van der Waals surface area contributed by atoms with Crippen LogP contribution in [0.2, 0.25) is 0 Å². The molecule has 0 saturated carbocycles. The second-order valence-corrected chi connectivity index (χ2v) is 12.2. The molecule has 0 radical (unpaired) electrons. The average molecular weight is 707 g/mol. The number of amides is 2. The van der Waals surface area contributed by atoms with Crippen molar-refractivity contribution in [1.29, 1.82) is 0 Å². The maximum Gasteiger partial charge on any atom is 0.435 e. The van der Waals surface area contributed by atoms with Crippen LogP contribution in [0.5, 0.6) is 11.5 Å². The van der Waals surface area contributed by atoms with Crippen LogP contribution in [0.25, 0.3) is 0 Å². The van der Waals surface area contributed by atoms with Gasteiger partial charge < -0.3 is 40.2 Å². The van der Waals surface area contributed by atoms with Crippen molar-refractivity contribution in [3.05, 3.63) is 131 Å². The third-order valence-electron chi connectivity index (χ3n) is 8.37. The standard InChI is InChI=1S/C40H46N6O6/c41-37(43-39(47)51-29-31-9-3-1-4-10-31)33-13-17-35(18-14-33)49-27-7-21-45-23-25-46(26-24-45)22-8-28-50-36-19-15-34(16-20-36)38(42)44-40(48)52-30-32-11-5-2-6-12-32/h1-6,9-20H,7-8,21-30H2,(H2,41,43,47)(H2,42,44,48). The molecule has 4 aromatic carbocycles. The van der Waals surface area contributed by atoms with Gasteiger partial charge in [0.05, 0.1) is 13.2 Å². The topological polar surface area (TPSA) is 154 Å². The van der Waals surface area contributed by atoms with Crippen LogP contribution in [0.3, 0.4) is 0 Å². The number of hydrogen-bond donors (Lipinski definition) is 2. The first-order valence-electron chi connectivity index (χ1n) is 17.4. The highest BCUT2D eigenvalue weighted by atomic mass is 16.5. The second kappa shape index (κ2) is 20.2. The number of ether oxygens (including phenoxy) is 4. The van der Waals surface area contributed by atoms with Crippen LogP contribution in [-0.2, 0) is 22.7 Å². The molecule has 1 heterocycles. The molecule has 272 valence electrons. The van der Waals surface area contributed by atoms with E-state index in [1.54, 1.807) is 24.3 Å². The molecule has 12 nitrogen and oxygen atoms in total. The lowest BCUT2D eigenvalue weighted by Gasteiger charge is -2.34. The van der Waals surface area contributed by atoms with Crippen molar-refractivity contribution in [2.45, 2.75) is 26.1 Å². The van der Waals surface area contributed by atoms with Crippen molar-refractivity contribution >= 4 is 23.9 Å². The molecule has 4 N–H and O–H groups in total. The molecule has 1 aliphatic heterocycles. The summed E-state index contributed by atoms with van der Waals surface area (Å²) >= 11 is 0. The van der Waals surface area contributed by atoms with Gasteiger partial charge in [0.25, 0.3) is 0 Å². The van der Waals surface area contributed by atoms with E-state index in [4.69, 9.17) is 30.4 Å². The number of hydrogen-bond acceptors (Lipinski definition) is 8. The number of aliphatic imine (C=N–C) groups is 2. The zero-order chi connectivity index (χ0) is 36.4. The fourth-order valence-electron chi connectivity index (χ4n) is 5.47.